The first-order chi connectivity index (χ1) is 12.2. The molecule has 0 saturated carbocycles. The van der Waals surface area contributed by atoms with Crippen molar-refractivity contribution in [3.05, 3.63) is 59.1 Å². The summed E-state index contributed by atoms with van der Waals surface area (Å²) >= 11 is 6.13. The SMILES string of the molecule is CN(Cc1cccnc1Cl)C(=O)[C@H](c1cccnc1)N1CCOCC1. The van der Waals surface area contributed by atoms with Gasteiger partial charge in [0.15, 0.2) is 0 Å². The van der Waals surface area contributed by atoms with Crippen molar-refractivity contribution >= 4 is 17.5 Å². The van der Waals surface area contributed by atoms with Gasteiger partial charge in [0.05, 0.1) is 13.2 Å². The molecule has 1 fully saturated rings. The zero-order valence-corrected chi connectivity index (χ0v) is 14.9. The molecule has 3 heterocycles. The van der Waals surface area contributed by atoms with Crippen molar-refractivity contribution in [1.29, 1.82) is 0 Å². The number of ether oxygens (including phenoxy) is 1. The number of rotatable bonds is 5. The fourth-order valence-corrected chi connectivity index (χ4v) is 3.14. The Labute approximate surface area is 152 Å². The largest absolute Gasteiger partial charge is 0.379 e. The van der Waals surface area contributed by atoms with Gasteiger partial charge in [-0.3, -0.25) is 14.7 Å². The van der Waals surface area contributed by atoms with Gasteiger partial charge in [-0.05, 0) is 17.7 Å². The van der Waals surface area contributed by atoms with Crippen LogP contribution in [0.5, 0.6) is 0 Å². The van der Waals surface area contributed by atoms with E-state index in [0.29, 0.717) is 38.0 Å². The monoisotopic (exact) mass is 360 g/mol. The van der Waals surface area contributed by atoms with E-state index in [2.05, 4.69) is 14.9 Å². The van der Waals surface area contributed by atoms with Gasteiger partial charge in [-0.25, -0.2) is 4.98 Å². The first kappa shape index (κ1) is 17.8. The minimum atomic E-state index is -0.377. The number of carbonyl (C=O) groups is 1. The van der Waals surface area contributed by atoms with Crippen LogP contribution in [0.4, 0.5) is 0 Å². The number of aromatic nitrogens is 2. The number of carbonyl (C=O) groups excluding carboxylic acids is 1. The highest BCUT2D eigenvalue weighted by Gasteiger charge is 2.31. The van der Waals surface area contributed by atoms with Crippen LogP contribution >= 0.6 is 11.6 Å². The molecule has 2 aromatic heterocycles. The van der Waals surface area contributed by atoms with Crippen LogP contribution in [-0.4, -0.2) is 59.0 Å². The lowest BCUT2D eigenvalue weighted by Crippen LogP contribution is -2.46. The molecule has 0 unspecified atom stereocenters. The molecule has 0 N–H and O–H groups in total. The van der Waals surface area contributed by atoms with Crippen LogP contribution in [0.15, 0.2) is 42.9 Å². The predicted molar refractivity (Wildman–Crippen MR) is 95.1 cm³/mol. The fraction of sp³-hybridized carbons (Fsp3) is 0.389. The van der Waals surface area contributed by atoms with Gasteiger partial charge in [-0.15, -0.1) is 0 Å². The van der Waals surface area contributed by atoms with E-state index >= 15 is 0 Å². The van der Waals surface area contributed by atoms with E-state index in [1.165, 1.54) is 0 Å². The quantitative estimate of drug-likeness (QED) is 0.765. The molecule has 0 bridgehead atoms. The third-order valence-electron chi connectivity index (χ3n) is 4.26. The average molecular weight is 361 g/mol. The van der Waals surface area contributed by atoms with Gasteiger partial charge < -0.3 is 9.64 Å². The Balaban J connectivity index is 1.82. The topological polar surface area (TPSA) is 58.6 Å². The number of likely N-dealkylation sites (N-methyl/N-ethyl adjacent to an activating group) is 1. The maximum atomic E-state index is 13.2. The summed E-state index contributed by atoms with van der Waals surface area (Å²) in [6, 6.07) is 7.12. The molecule has 1 amide bonds. The van der Waals surface area contributed by atoms with Crippen molar-refractivity contribution in [3.8, 4) is 0 Å². The maximum absolute atomic E-state index is 13.2. The minimum Gasteiger partial charge on any atom is -0.379 e. The van der Waals surface area contributed by atoms with Gasteiger partial charge in [0.25, 0.3) is 0 Å². The third-order valence-corrected chi connectivity index (χ3v) is 4.61. The van der Waals surface area contributed by atoms with Crippen LogP contribution < -0.4 is 0 Å². The summed E-state index contributed by atoms with van der Waals surface area (Å²) in [7, 11) is 1.79. The molecular formula is C18H21ClN4O2. The Morgan fingerprint density at radius 1 is 1.32 bits per heavy atom. The number of morpholine rings is 1. The molecule has 0 aliphatic carbocycles. The van der Waals surface area contributed by atoms with Crippen molar-refractivity contribution in [2.75, 3.05) is 33.4 Å². The molecule has 1 atom stereocenters. The molecule has 7 heteroatoms. The molecule has 0 aromatic carbocycles. The first-order valence-corrected chi connectivity index (χ1v) is 8.60. The molecule has 0 radical (unpaired) electrons. The summed E-state index contributed by atoms with van der Waals surface area (Å²) in [6.45, 7) is 3.09. The summed E-state index contributed by atoms with van der Waals surface area (Å²) < 4.78 is 5.43. The van der Waals surface area contributed by atoms with E-state index < -0.39 is 0 Å². The zero-order chi connectivity index (χ0) is 17.6. The number of amides is 1. The van der Waals surface area contributed by atoms with E-state index in [0.717, 1.165) is 11.1 Å². The lowest BCUT2D eigenvalue weighted by Gasteiger charge is -2.35. The molecule has 1 aliphatic heterocycles. The van der Waals surface area contributed by atoms with Crippen molar-refractivity contribution < 1.29 is 9.53 Å². The number of nitrogens with zero attached hydrogens (tertiary/aromatic N) is 4. The Kier molecular flexibility index (Phi) is 5.96. The number of halogens is 1. The summed E-state index contributed by atoms with van der Waals surface area (Å²) in [5.41, 5.74) is 1.71. The van der Waals surface area contributed by atoms with Crippen molar-refractivity contribution in [2.24, 2.45) is 0 Å². The number of pyridine rings is 2. The number of hydrogen-bond acceptors (Lipinski definition) is 5. The smallest absolute Gasteiger partial charge is 0.244 e. The highest BCUT2D eigenvalue weighted by molar-refractivity contribution is 6.30. The zero-order valence-electron chi connectivity index (χ0n) is 14.1. The second kappa shape index (κ2) is 8.38. The van der Waals surface area contributed by atoms with Gasteiger partial charge in [0.1, 0.15) is 11.2 Å². The highest BCUT2D eigenvalue weighted by Crippen LogP contribution is 2.24. The van der Waals surface area contributed by atoms with Crippen molar-refractivity contribution in [3.63, 3.8) is 0 Å². The second-order valence-electron chi connectivity index (χ2n) is 5.98. The van der Waals surface area contributed by atoms with E-state index in [4.69, 9.17) is 16.3 Å². The molecule has 3 rings (SSSR count). The molecule has 6 nitrogen and oxygen atoms in total. The predicted octanol–water partition coefficient (Wildman–Crippen LogP) is 2.16. The van der Waals surface area contributed by atoms with Crippen LogP contribution in [0.25, 0.3) is 0 Å². The van der Waals surface area contributed by atoms with Crippen LogP contribution in [0, 0.1) is 0 Å². The lowest BCUT2D eigenvalue weighted by molar-refractivity contribution is -0.138. The van der Waals surface area contributed by atoms with E-state index in [1.807, 2.05) is 24.3 Å². The lowest BCUT2D eigenvalue weighted by atomic mass is 10.1. The van der Waals surface area contributed by atoms with Gasteiger partial charge >= 0.3 is 0 Å². The Morgan fingerprint density at radius 2 is 2.08 bits per heavy atom. The molecule has 1 aliphatic rings. The van der Waals surface area contributed by atoms with Crippen LogP contribution in [0.2, 0.25) is 5.15 Å². The molecule has 25 heavy (non-hydrogen) atoms. The fourth-order valence-electron chi connectivity index (χ4n) is 2.96. The maximum Gasteiger partial charge on any atom is 0.244 e. The second-order valence-corrected chi connectivity index (χ2v) is 6.34. The summed E-state index contributed by atoms with van der Waals surface area (Å²) in [6.07, 6.45) is 5.10. The van der Waals surface area contributed by atoms with Gasteiger partial charge in [-0.2, -0.15) is 0 Å². The van der Waals surface area contributed by atoms with E-state index in [1.54, 1.807) is 30.5 Å². The summed E-state index contributed by atoms with van der Waals surface area (Å²) in [5.74, 6) is 0.00909. The molecule has 0 spiro atoms. The molecule has 132 valence electrons. The standard InChI is InChI=1S/C18H21ClN4O2/c1-22(13-15-5-3-7-21-17(15)19)18(24)16(14-4-2-6-20-12-14)23-8-10-25-11-9-23/h2-7,12,16H,8-11,13H2,1H3/t16-/m0/s1. The van der Waals surface area contributed by atoms with E-state index in [9.17, 15) is 4.79 Å². The minimum absolute atomic E-state index is 0.00909. The van der Waals surface area contributed by atoms with Gasteiger partial charge in [0, 0.05) is 50.8 Å². The van der Waals surface area contributed by atoms with Gasteiger partial charge in [0.2, 0.25) is 5.91 Å². The van der Waals surface area contributed by atoms with Gasteiger partial charge in [-0.1, -0.05) is 23.7 Å². The summed E-state index contributed by atoms with van der Waals surface area (Å²) in [5, 5.41) is 0.423. The van der Waals surface area contributed by atoms with Crippen molar-refractivity contribution in [1.82, 2.24) is 19.8 Å². The third kappa shape index (κ3) is 4.34. The normalized spacial score (nSPS) is 16.4. The summed E-state index contributed by atoms with van der Waals surface area (Å²) in [4.78, 5) is 25.3. The van der Waals surface area contributed by atoms with E-state index in [-0.39, 0.29) is 11.9 Å². The Hall–Kier alpha value is -2.02. The van der Waals surface area contributed by atoms with Crippen molar-refractivity contribution in [2.45, 2.75) is 12.6 Å². The molecular weight excluding hydrogens is 340 g/mol. The Bertz CT molecular complexity index is 707. The molecule has 2 aromatic rings. The Morgan fingerprint density at radius 3 is 2.76 bits per heavy atom. The van der Waals surface area contributed by atoms with Crippen LogP contribution in [-0.2, 0) is 16.1 Å². The highest BCUT2D eigenvalue weighted by atomic mass is 35.5. The average Bonchev–Trinajstić information content (AvgIpc) is 2.65. The van der Waals surface area contributed by atoms with Crippen LogP contribution in [0.1, 0.15) is 17.2 Å². The number of hydrogen-bond donors (Lipinski definition) is 0. The van der Waals surface area contributed by atoms with Crippen LogP contribution in [0.3, 0.4) is 0 Å². The first-order valence-electron chi connectivity index (χ1n) is 8.23. The molecule has 1 saturated heterocycles.